The van der Waals surface area contributed by atoms with Crippen LogP contribution in [0.4, 0.5) is 5.95 Å². The number of rotatable bonds is 2. The zero-order chi connectivity index (χ0) is 14.7. The van der Waals surface area contributed by atoms with Crippen LogP contribution in [-0.2, 0) is 4.79 Å². The molecule has 110 valence electrons. The molecule has 0 aliphatic carbocycles. The number of nitrogens with one attached hydrogen (secondary N) is 1. The van der Waals surface area contributed by atoms with Crippen LogP contribution in [0.1, 0.15) is 18.5 Å². The summed E-state index contributed by atoms with van der Waals surface area (Å²) in [6.07, 6.45) is 3.34. The maximum absolute atomic E-state index is 12.7. The van der Waals surface area contributed by atoms with Crippen molar-refractivity contribution in [2.45, 2.75) is 18.9 Å². The molecule has 1 N–H and O–H groups in total. The van der Waals surface area contributed by atoms with E-state index in [0.717, 1.165) is 45.6 Å². The van der Waals surface area contributed by atoms with Gasteiger partial charge in [0.1, 0.15) is 17.8 Å². The lowest BCUT2D eigenvalue weighted by Crippen LogP contribution is -2.52. The zero-order valence-electron chi connectivity index (χ0n) is 11.8. The highest BCUT2D eigenvalue weighted by atomic mass is 16.2. The molecule has 21 heavy (non-hydrogen) atoms. The van der Waals surface area contributed by atoms with Gasteiger partial charge in [-0.2, -0.15) is 5.26 Å². The lowest BCUT2D eigenvalue weighted by molar-refractivity contribution is -0.133. The number of nitriles is 1. The van der Waals surface area contributed by atoms with E-state index >= 15 is 0 Å². The average Bonchev–Trinajstić information content (AvgIpc) is 3.04. The molecule has 3 rings (SSSR count). The number of carbonyl (C=O) groups is 1. The molecule has 2 aliphatic heterocycles. The number of hydrogen-bond acceptors (Lipinski definition) is 6. The molecular formula is C14H18N6O. The van der Waals surface area contributed by atoms with Crippen molar-refractivity contribution in [3.63, 3.8) is 0 Å². The van der Waals surface area contributed by atoms with E-state index in [9.17, 15) is 4.79 Å². The largest absolute Gasteiger partial charge is 0.338 e. The van der Waals surface area contributed by atoms with Gasteiger partial charge in [-0.15, -0.1) is 0 Å². The molecule has 0 aromatic carbocycles. The third kappa shape index (κ3) is 2.81. The highest BCUT2D eigenvalue weighted by Gasteiger charge is 2.35. The molecule has 1 atom stereocenters. The minimum absolute atomic E-state index is 0.153. The van der Waals surface area contributed by atoms with Crippen LogP contribution in [0.15, 0.2) is 12.3 Å². The summed E-state index contributed by atoms with van der Waals surface area (Å²) in [6, 6.07) is 3.40. The van der Waals surface area contributed by atoms with E-state index in [1.807, 2.05) is 15.9 Å². The summed E-state index contributed by atoms with van der Waals surface area (Å²) in [4.78, 5) is 25.0. The molecule has 7 heteroatoms. The van der Waals surface area contributed by atoms with Crippen LogP contribution in [0.5, 0.6) is 0 Å². The van der Waals surface area contributed by atoms with Gasteiger partial charge in [-0.25, -0.2) is 9.97 Å². The van der Waals surface area contributed by atoms with Crippen LogP contribution in [-0.4, -0.2) is 59.5 Å². The highest BCUT2D eigenvalue weighted by Crippen LogP contribution is 2.24. The molecule has 7 nitrogen and oxygen atoms in total. The Hall–Kier alpha value is -2.20. The molecule has 1 amide bonds. The van der Waals surface area contributed by atoms with E-state index in [4.69, 9.17) is 5.26 Å². The topological polar surface area (TPSA) is 85.2 Å². The van der Waals surface area contributed by atoms with Crippen molar-refractivity contribution in [2.75, 3.05) is 37.6 Å². The Kier molecular flexibility index (Phi) is 3.97. The van der Waals surface area contributed by atoms with Gasteiger partial charge in [0.15, 0.2) is 0 Å². The predicted molar refractivity (Wildman–Crippen MR) is 76.6 cm³/mol. The van der Waals surface area contributed by atoms with Crippen molar-refractivity contribution in [3.05, 3.63) is 18.0 Å². The smallest absolute Gasteiger partial charge is 0.245 e. The van der Waals surface area contributed by atoms with Crippen molar-refractivity contribution in [3.8, 4) is 6.07 Å². The molecule has 3 heterocycles. The summed E-state index contributed by atoms with van der Waals surface area (Å²) in [5.74, 6) is 0.639. The van der Waals surface area contributed by atoms with Gasteiger partial charge in [0.25, 0.3) is 0 Å². The summed E-state index contributed by atoms with van der Waals surface area (Å²) in [6.45, 7) is 3.96. The van der Waals surface area contributed by atoms with E-state index < -0.39 is 0 Å². The van der Waals surface area contributed by atoms with Crippen LogP contribution in [0, 0.1) is 11.3 Å². The van der Waals surface area contributed by atoms with Crippen LogP contribution >= 0.6 is 0 Å². The van der Waals surface area contributed by atoms with Gasteiger partial charge in [0, 0.05) is 38.9 Å². The van der Waals surface area contributed by atoms with Gasteiger partial charge >= 0.3 is 0 Å². The third-order valence-electron chi connectivity index (χ3n) is 3.98. The van der Waals surface area contributed by atoms with E-state index in [1.54, 1.807) is 12.3 Å². The van der Waals surface area contributed by atoms with Crippen molar-refractivity contribution in [1.29, 1.82) is 5.26 Å². The quantitative estimate of drug-likeness (QED) is 0.807. The van der Waals surface area contributed by atoms with E-state index in [0.29, 0.717) is 11.6 Å². The van der Waals surface area contributed by atoms with Crippen LogP contribution in [0.2, 0.25) is 0 Å². The minimum Gasteiger partial charge on any atom is -0.338 e. The standard InChI is InChI=1S/C14H18N6O/c15-10-11-3-4-17-14(18-11)20-7-1-2-12(20)13(21)19-8-5-16-6-9-19/h3-4,12,16H,1-2,5-9H2. The molecule has 1 unspecified atom stereocenters. The van der Waals surface area contributed by atoms with E-state index in [1.165, 1.54) is 0 Å². The number of carbonyl (C=O) groups excluding carboxylic acids is 1. The van der Waals surface area contributed by atoms with Crippen LogP contribution in [0.25, 0.3) is 0 Å². The Balaban J connectivity index is 1.78. The maximum atomic E-state index is 12.7. The molecule has 2 saturated heterocycles. The monoisotopic (exact) mass is 286 g/mol. The molecule has 0 bridgehead atoms. The highest BCUT2D eigenvalue weighted by molar-refractivity contribution is 5.85. The Morgan fingerprint density at radius 1 is 1.38 bits per heavy atom. The fraction of sp³-hybridized carbons (Fsp3) is 0.571. The third-order valence-corrected chi connectivity index (χ3v) is 3.98. The minimum atomic E-state index is -0.197. The number of aromatic nitrogens is 2. The summed E-state index contributed by atoms with van der Waals surface area (Å²) >= 11 is 0. The molecule has 1 aromatic heterocycles. The second-order valence-electron chi connectivity index (χ2n) is 5.28. The first kappa shape index (κ1) is 13.8. The Morgan fingerprint density at radius 2 is 2.19 bits per heavy atom. The Labute approximate surface area is 123 Å². The number of nitrogens with zero attached hydrogens (tertiary/aromatic N) is 5. The summed E-state index contributed by atoms with van der Waals surface area (Å²) in [5.41, 5.74) is 0.334. The molecule has 0 saturated carbocycles. The first-order chi connectivity index (χ1) is 10.3. The van der Waals surface area contributed by atoms with Crippen molar-refractivity contribution in [1.82, 2.24) is 20.2 Å². The number of anilines is 1. The summed E-state index contributed by atoms with van der Waals surface area (Å²) in [7, 11) is 0. The molecule has 2 fully saturated rings. The second kappa shape index (κ2) is 6.06. The van der Waals surface area contributed by atoms with Crippen LogP contribution < -0.4 is 10.2 Å². The predicted octanol–water partition coefficient (Wildman–Crippen LogP) is -0.251. The molecule has 1 aromatic rings. The summed E-state index contributed by atoms with van der Waals surface area (Å²) < 4.78 is 0. The molecular weight excluding hydrogens is 268 g/mol. The first-order valence-corrected chi connectivity index (χ1v) is 7.29. The fourth-order valence-corrected chi connectivity index (χ4v) is 2.91. The Bertz CT molecular complexity index is 563. The number of amides is 1. The second-order valence-corrected chi connectivity index (χ2v) is 5.28. The van der Waals surface area contributed by atoms with Gasteiger partial charge < -0.3 is 15.1 Å². The van der Waals surface area contributed by atoms with Gasteiger partial charge in [0.05, 0.1) is 0 Å². The molecule has 0 radical (unpaired) electrons. The normalized spacial score (nSPS) is 22.1. The van der Waals surface area contributed by atoms with E-state index in [-0.39, 0.29) is 11.9 Å². The molecule has 2 aliphatic rings. The van der Waals surface area contributed by atoms with Crippen molar-refractivity contribution < 1.29 is 4.79 Å². The lowest BCUT2D eigenvalue weighted by Gasteiger charge is -2.32. The van der Waals surface area contributed by atoms with Crippen LogP contribution in [0.3, 0.4) is 0 Å². The maximum Gasteiger partial charge on any atom is 0.245 e. The van der Waals surface area contributed by atoms with Gasteiger partial charge in [-0.1, -0.05) is 0 Å². The average molecular weight is 286 g/mol. The van der Waals surface area contributed by atoms with E-state index in [2.05, 4.69) is 15.3 Å². The van der Waals surface area contributed by atoms with Gasteiger partial charge in [0.2, 0.25) is 11.9 Å². The first-order valence-electron chi connectivity index (χ1n) is 7.29. The van der Waals surface area contributed by atoms with Gasteiger partial charge in [-0.05, 0) is 18.9 Å². The van der Waals surface area contributed by atoms with Crippen molar-refractivity contribution in [2.24, 2.45) is 0 Å². The summed E-state index contributed by atoms with van der Waals surface area (Å²) in [5, 5.41) is 12.2. The number of hydrogen-bond donors (Lipinski definition) is 1. The van der Waals surface area contributed by atoms with Crippen molar-refractivity contribution >= 4 is 11.9 Å². The SMILES string of the molecule is N#Cc1ccnc(N2CCCC2C(=O)N2CCNCC2)n1. The molecule has 0 spiro atoms. The fourth-order valence-electron chi connectivity index (χ4n) is 2.91. The van der Waals surface area contributed by atoms with Gasteiger partial charge in [-0.3, -0.25) is 4.79 Å². The lowest BCUT2D eigenvalue weighted by atomic mass is 10.2. The zero-order valence-corrected chi connectivity index (χ0v) is 11.8. The number of piperazine rings is 1. The Morgan fingerprint density at radius 3 is 2.95 bits per heavy atom.